The van der Waals surface area contributed by atoms with Crippen molar-refractivity contribution in [2.45, 2.75) is 0 Å². The summed E-state index contributed by atoms with van der Waals surface area (Å²) in [6.07, 6.45) is 0. The Balaban J connectivity index is 1.29. The van der Waals surface area contributed by atoms with E-state index in [0.29, 0.717) is 28.3 Å². The molecule has 0 unspecified atom stereocenters. The molecule has 6 nitrogen and oxygen atoms in total. The third kappa shape index (κ3) is 3.81. The fraction of sp³-hybridized carbons (Fsp3) is 0.0385. The summed E-state index contributed by atoms with van der Waals surface area (Å²) >= 11 is 6.35. The molecule has 0 aromatic heterocycles. The Morgan fingerprint density at radius 1 is 0.848 bits per heavy atom. The molecule has 3 amide bonds. The smallest absolute Gasteiger partial charge is 0.266 e. The van der Waals surface area contributed by atoms with Gasteiger partial charge in [0, 0.05) is 5.39 Å². The van der Waals surface area contributed by atoms with Gasteiger partial charge in [0.2, 0.25) is 0 Å². The minimum atomic E-state index is -0.410. The number of hydrogen-bond acceptors (Lipinski definition) is 4. The molecule has 0 fully saturated rings. The number of carbonyl (C=O) groups is 3. The molecule has 0 aliphatic carbocycles. The highest BCUT2D eigenvalue weighted by Crippen LogP contribution is 2.33. The Labute approximate surface area is 194 Å². The van der Waals surface area contributed by atoms with E-state index in [-0.39, 0.29) is 11.6 Å². The lowest BCUT2D eigenvalue weighted by atomic mass is 10.1. The molecule has 0 spiro atoms. The number of ether oxygens (including phenoxy) is 1. The first-order chi connectivity index (χ1) is 16.0. The second-order valence-corrected chi connectivity index (χ2v) is 7.88. The first-order valence-electron chi connectivity index (χ1n) is 10.2. The normalized spacial score (nSPS) is 12.7. The van der Waals surface area contributed by atoms with Crippen LogP contribution in [0.3, 0.4) is 0 Å². The van der Waals surface area contributed by atoms with E-state index in [2.05, 4.69) is 5.32 Å². The van der Waals surface area contributed by atoms with Gasteiger partial charge in [-0.25, -0.2) is 4.90 Å². The van der Waals surface area contributed by atoms with E-state index in [4.69, 9.17) is 16.3 Å². The van der Waals surface area contributed by atoms with Crippen LogP contribution in [0.25, 0.3) is 10.8 Å². The highest BCUT2D eigenvalue weighted by atomic mass is 35.5. The van der Waals surface area contributed by atoms with Crippen molar-refractivity contribution in [2.24, 2.45) is 0 Å². The molecular weight excluding hydrogens is 440 g/mol. The van der Waals surface area contributed by atoms with Crippen LogP contribution < -0.4 is 15.0 Å². The van der Waals surface area contributed by atoms with Gasteiger partial charge in [-0.2, -0.15) is 0 Å². The molecule has 1 N–H and O–H groups in total. The molecule has 0 radical (unpaired) electrons. The quantitative estimate of drug-likeness (QED) is 0.413. The Morgan fingerprint density at radius 3 is 2.24 bits per heavy atom. The predicted molar refractivity (Wildman–Crippen MR) is 127 cm³/mol. The summed E-state index contributed by atoms with van der Waals surface area (Å²) in [4.78, 5) is 38.9. The van der Waals surface area contributed by atoms with Crippen LogP contribution in [0.2, 0.25) is 5.02 Å². The second kappa shape index (κ2) is 8.41. The summed E-state index contributed by atoms with van der Waals surface area (Å²) in [6.45, 7) is -0.204. The number of hydrogen-bond donors (Lipinski definition) is 1. The summed E-state index contributed by atoms with van der Waals surface area (Å²) in [7, 11) is 0. The van der Waals surface area contributed by atoms with E-state index in [1.807, 2.05) is 36.4 Å². The molecule has 1 aliphatic rings. The molecule has 4 aromatic rings. The number of halogens is 1. The number of carbonyl (C=O) groups excluding carboxylic acids is 3. The van der Waals surface area contributed by atoms with Gasteiger partial charge in [0.25, 0.3) is 17.7 Å². The van der Waals surface area contributed by atoms with Gasteiger partial charge in [-0.15, -0.1) is 0 Å². The molecule has 0 bridgehead atoms. The molecule has 0 saturated heterocycles. The molecular formula is C26H17ClN2O4. The van der Waals surface area contributed by atoms with Crippen LogP contribution >= 0.6 is 11.6 Å². The summed E-state index contributed by atoms with van der Waals surface area (Å²) < 4.78 is 5.71. The minimum absolute atomic E-state index is 0.197. The number of imide groups is 1. The largest absolute Gasteiger partial charge is 0.483 e. The molecule has 33 heavy (non-hydrogen) atoms. The Morgan fingerprint density at radius 2 is 1.52 bits per heavy atom. The van der Waals surface area contributed by atoms with Crippen LogP contribution in [-0.2, 0) is 4.79 Å². The number of rotatable bonds is 5. The van der Waals surface area contributed by atoms with Crippen molar-refractivity contribution in [3.8, 4) is 5.75 Å². The van der Waals surface area contributed by atoms with Crippen molar-refractivity contribution in [2.75, 3.05) is 16.8 Å². The predicted octanol–water partition coefficient (Wildman–Crippen LogP) is 5.31. The van der Waals surface area contributed by atoms with E-state index in [0.717, 1.165) is 15.7 Å². The molecule has 162 valence electrons. The van der Waals surface area contributed by atoms with Crippen LogP contribution in [0.1, 0.15) is 20.7 Å². The Bertz CT molecular complexity index is 1390. The van der Waals surface area contributed by atoms with Crippen molar-refractivity contribution in [1.82, 2.24) is 0 Å². The molecule has 5 rings (SSSR count). The van der Waals surface area contributed by atoms with Crippen molar-refractivity contribution in [3.05, 3.63) is 101 Å². The standard InChI is InChI=1S/C26H17ClN2O4/c27-21-14-17(29-25(31)19-9-3-4-10-20(19)26(29)32)12-13-22(21)28-24(30)15-33-23-11-5-7-16-6-1-2-8-18(16)23/h1-14H,15H2,(H,28,30). The average molecular weight is 457 g/mol. The number of fused-ring (bicyclic) bond motifs is 2. The number of nitrogens with one attached hydrogen (secondary N) is 1. The van der Waals surface area contributed by atoms with Gasteiger partial charge in [-0.3, -0.25) is 14.4 Å². The highest BCUT2D eigenvalue weighted by Gasteiger charge is 2.36. The second-order valence-electron chi connectivity index (χ2n) is 7.47. The fourth-order valence-corrected chi connectivity index (χ4v) is 4.04. The lowest BCUT2D eigenvalue weighted by Gasteiger charge is -2.16. The topological polar surface area (TPSA) is 75.7 Å². The molecule has 1 heterocycles. The maximum atomic E-state index is 12.7. The minimum Gasteiger partial charge on any atom is -0.483 e. The fourth-order valence-electron chi connectivity index (χ4n) is 3.82. The van der Waals surface area contributed by atoms with Crippen molar-refractivity contribution in [1.29, 1.82) is 0 Å². The number of nitrogens with zero attached hydrogens (tertiary/aromatic N) is 1. The zero-order valence-electron chi connectivity index (χ0n) is 17.2. The molecule has 7 heteroatoms. The molecule has 0 atom stereocenters. The Hall–Kier alpha value is -4.16. The highest BCUT2D eigenvalue weighted by molar-refractivity contribution is 6.36. The van der Waals surface area contributed by atoms with Crippen molar-refractivity contribution in [3.63, 3.8) is 0 Å². The van der Waals surface area contributed by atoms with Crippen LogP contribution in [0.5, 0.6) is 5.75 Å². The third-order valence-electron chi connectivity index (χ3n) is 5.39. The average Bonchev–Trinajstić information content (AvgIpc) is 3.09. The van der Waals surface area contributed by atoms with E-state index in [9.17, 15) is 14.4 Å². The zero-order chi connectivity index (χ0) is 22.9. The molecule has 4 aromatic carbocycles. The van der Waals surface area contributed by atoms with Crippen LogP contribution in [-0.4, -0.2) is 24.3 Å². The van der Waals surface area contributed by atoms with Gasteiger partial charge in [0.1, 0.15) is 5.75 Å². The van der Waals surface area contributed by atoms with Crippen molar-refractivity contribution < 1.29 is 19.1 Å². The monoisotopic (exact) mass is 456 g/mol. The van der Waals surface area contributed by atoms with Gasteiger partial charge in [-0.1, -0.05) is 60.1 Å². The maximum Gasteiger partial charge on any atom is 0.266 e. The van der Waals surface area contributed by atoms with Crippen LogP contribution in [0.15, 0.2) is 84.9 Å². The number of benzene rings is 4. The zero-order valence-corrected chi connectivity index (χ0v) is 18.0. The van der Waals surface area contributed by atoms with Crippen LogP contribution in [0.4, 0.5) is 11.4 Å². The van der Waals surface area contributed by atoms with Gasteiger partial charge in [0.15, 0.2) is 6.61 Å². The van der Waals surface area contributed by atoms with Crippen molar-refractivity contribution >= 4 is 51.5 Å². The lowest BCUT2D eigenvalue weighted by Crippen LogP contribution is -2.29. The summed E-state index contributed by atoms with van der Waals surface area (Å²) in [6, 6.07) is 24.6. The SMILES string of the molecule is O=C(COc1cccc2ccccc12)Nc1ccc(N2C(=O)c3ccccc3C2=O)cc1Cl. The third-order valence-corrected chi connectivity index (χ3v) is 5.70. The number of anilines is 2. The molecule has 0 saturated carbocycles. The van der Waals surface area contributed by atoms with Gasteiger partial charge in [0.05, 0.1) is 27.5 Å². The van der Waals surface area contributed by atoms with E-state index in [1.54, 1.807) is 42.5 Å². The Kier molecular flexibility index (Phi) is 5.28. The first kappa shape index (κ1) is 20.7. The van der Waals surface area contributed by atoms with E-state index in [1.165, 1.54) is 6.07 Å². The van der Waals surface area contributed by atoms with Gasteiger partial charge < -0.3 is 10.1 Å². The summed E-state index contributed by atoms with van der Waals surface area (Å²) in [5.74, 6) is -0.604. The molecule has 1 aliphatic heterocycles. The summed E-state index contributed by atoms with van der Waals surface area (Å²) in [5.41, 5.74) is 1.38. The summed E-state index contributed by atoms with van der Waals surface area (Å²) in [5, 5.41) is 4.83. The van der Waals surface area contributed by atoms with E-state index >= 15 is 0 Å². The van der Waals surface area contributed by atoms with Gasteiger partial charge in [-0.05, 0) is 41.8 Å². The first-order valence-corrected chi connectivity index (χ1v) is 10.6. The maximum absolute atomic E-state index is 12.7. The lowest BCUT2D eigenvalue weighted by molar-refractivity contribution is -0.118. The van der Waals surface area contributed by atoms with Crippen LogP contribution in [0, 0.1) is 0 Å². The number of amides is 3. The van der Waals surface area contributed by atoms with Gasteiger partial charge >= 0.3 is 0 Å². The van der Waals surface area contributed by atoms with E-state index < -0.39 is 17.7 Å².